The number of carbonyl (C=O) groups excluding carboxylic acids is 2. The fourth-order valence-corrected chi connectivity index (χ4v) is 3.66. The van der Waals surface area contributed by atoms with Gasteiger partial charge in [0.25, 0.3) is 0 Å². The van der Waals surface area contributed by atoms with Crippen molar-refractivity contribution >= 4 is 11.9 Å². The second-order valence-electron chi connectivity index (χ2n) is 8.16. The van der Waals surface area contributed by atoms with E-state index < -0.39 is 11.9 Å². The number of esters is 2. The summed E-state index contributed by atoms with van der Waals surface area (Å²) in [6.45, 7) is 2.27. The highest BCUT2D eigenvalue weighted by Gasteiger charge is 2.16. The van der Waals surface area contributed by atoms with Crippen LogP contribution in [0.25, 0.3) is 0 Å². The topological polar surface area (TPSA) is 52.6 Å². The van der Waals surface area contributed by atoms with Crippen molar-refractivity contribution in [3.05, 3.63) is 29.8 Å². The summed E-state index contributed by atoms with van der Waals surface area (Å²) in [5, 5.41) is 0. The van der Waals surface area contributed by atoms with E-state index in [2.05, 4.69) is 6.92 Å². The number of benzene rings is 1. The van der Waals surface area contributed by atoms with Gasteiger partial charge in [0.2, 0.25) is 0 Å². The van der Waals surface area contributed by atoms with Crippen LogP contribution in [0.4, 0.5) is 0 Å². The van der Waals surface area contributed by atoms with Crippen LogP contribution in [-0.4, -0.2) is 19.0 Å². The van der Waals surface area contributed by atoms with Crippen molar-refractivity contribution in [2.75, 3.05) is 7.11 Å². The number of ether oxygens (including phenoxy) is 2. The highest BCUT2D eigenvalue weighted by molar-refractivity contribution is 5.98. The smallest absolute Gasteiger partial charge is 0.349 e. The first-order chi connectivity index (χ1) is 14.7. The van der Waals surface area contributed by atoms with E-state index >= 15 is 0 Å². The third-order valence-corrected chi connectivity index (χ3v) is 5.52. The van der Waals surface area contributed by atoms with Gasteiger partial charge in [-0.05, 0) is 18.6 Å². The van der Waals surface area contributed by atoms with E-state index in [0.29, 0.717) is 12.2 Å². The minimum atomic E-state index is -0.640. The molecule has 170 valence electrons. The van der Waals surface area contributed by atoms with Crippen LogP contribution in [0.2, 0.25) is 0 Å². The molecule has 0 aliphatic rings. The van der Waals surface area contributed by atoms with Gasteiger partial charge in [0.05, 0.1) is 7.11 Å². The van der Waals surface area contributed by atoms with E-state index in [4.69, 9.17) is 9.47 Å². The van der Waals surface area contributed by atoms with Gasteiger partial charge in [0.15, 0.2) is 0 Å². The normalized spacial score (nSPS) is 10.7. The van der Waals surface area contributed by atoms with E-state index in [0.717, 1.165) is 19.3 Å². The summed E-state index contributed by atoms with van der Waals surface area (Å²) in [7, 11) is 1.49. The molecule has 0 unspecified atom stereocenters. The molecule has 0 radical (unpaired) electrons. The molecule has 0 bridgehead atoms. The van der Waals surface area contributed by atoms with Crippen LogP contribution in [0.15, 0.2) is 24.3 Å². The Hall–Kier alpha value is -1.84. The van der Waals surface area contributed by atoms with Crippen molar-refractivity contribution in [1.82, 2.24) is 0 Å². The molecule has 30 heavy (non-hydrogen) atoms. The largest absolute Gasteiger partial charge is 0.496 e. The van der Waals surface area contributed by atoms with Crippen LogP contribution < -0.4 is 4.74 Å². The van der Waals surface area contributed by atoms with Gasteiger partial charge < -0.3 is 9.47 Å². The van der Waals surface area contributed by atoms with Crippen LogP contribution >= 0.6 is 0 Å². The van der Waals surface area contributed by atoms with Crippen LogP contribution in [0.1, 0.15) is 120 Å². The van der Waals surface area contributed by atoms with Crippen LogP contribution in [0.3, 0.4) is 0 Å². The maximum absolute atomic E-state index is 12.1. The Morgan fingerprint density at radius 2 is 1.17 bits per heavy atom. The lowest BCUT2D eigenvalue weighted by Gasteiger charge is -2.07. The number of hydrogen-bond acceptors (Lipinski definition) is 4. The quantitative estimate of drug-likeness (QED) is 0.140. The number of carbonyl (C=O) groups is 2. The first-order valence-corrected chi connectivity index (χ1v) is 12.1. The third-order valence-electron chi connectivity index (χ3n) is 5.52. The van der Waals surface area contributed by atoms with Crippen molar-refractivity contribution in [1.29, 1.82) is 0 Å². The number of para-hydroxylation sites is 1. The SMILES string of the molecule is CCCCCCCCCCCCCCCCCC(=O)OC(=O)c1ccccc1OC. The number of hydrogen-bond donors (Lipinski definition) is 0. The van der Waals surface area contributed by atoms with E-state index in [1.54, 1.807) is 24.3 Å². The molecule has 1 aromatic rings. The molecule has 1 aromatic carbocycles. The van der Waals surface area contributed by atoms with E-state index in [1.807, 2.05) is 0 Å². The molecular formula is C26H42O4. The van der Waals surface area contributed by atoms with Gasteiger partial charge in [0, 0.05) is 6.42 Å². The highest BCUT2D eigenvalue weighted by Crippen LogP contribution is 2.19. The molecule has 0 saturated carbocycles. The molecule has 4 nitrogen and oxygen atoms in total. The molecule has 0 saturated heterocycles. The Bertz CT molecular complexity index is 582. The molecule has 0 atom stereocenters. The lowest BCUT2D eigenvalue weighted by atomic mass is 10.0. The number of methoxy groups -OCH3 is 1. The first-order valence-electron chi connectivity index (χ1n) is 12.1. The van der Waals surface area contributed by atoms with Gasteiger partial charge in [-0.25, -0.2) is 4.79 Å². The monoisotopic (exact) mass is 418 g/mol. The third kappa shape index (κ3) is 12.7. The molecule has 0 aliphatic heterocycles. The van der Waals surface area contributed by atoms with Crippen molar-refractivity contribution < 1.29 is 19.1 Å². The molecule has 0 amide bonds. The van der Waals surface area contributed by atoms with Crippen molar-refractivity contribution in [3.8, 4) is 5.75 Å². The second kappa shape index (κ2) is 18.0. The van der Waals surface area contributed by atoms with Crippen LogP contribution in [0.5, 0.6) is 5.75 Å². The molecule has 0 heterocycles. The molecular weight excluding hydrogens is 376 g/mol. The zero-order valence-corrected chi connectivity index (χ0v) is 19.3. The van der Waals surface area contributed by atoms with Gasteiger partial charge in [-0.15, -0.1) is 0 Å². The summed E-state index contributed by atoms with van der Waals surface area (Å²) in [4.78, 5) is 23.9. The Labute approximate surface area is 183 Å². The Morgan fingerprint density at radius 3 is 1.67 bits per heavy atom. The molecule has 4 heteroatoms. The first kappa shape index (κ1) is 26.2. The summed E-state index contributed by atoms with van der Waals surface area (Å²) in [6, 6.07) is 6.77. The summed E-state index contributed by atoms with van der Waals surface area (Å²) >= 11 is 0. The summed E-state index contributed by atoms with van der Waals surface area (Å²) in [6.07, 6.45) is 19.5. The Balaban J connectivity index is 1.93. The summed E-state index contributed by atoms with van der Waals surface area (Å²) in [5.74, 6) is -0.679. The average Bonchev–Trinajstić information content (AvgIpc) is 2.76. The summed E-state index contributed by atoms with van der Waals surface area (Å²) < 4.78 is 10.1. The number of rotatable bonds is 18. The standard InChI is InChI=1S/C26H42O4/c1-3-4-5-6-7-8-9-10-11-12-13-14-15-16-17-22-25(27)30-26(28)23-20-18-19-21-24(23)29-2/h18-21H,3-17,22H2,1-2H3. The fraction of sp³-hybridized carbons (Fsp3) is 0.692. The Kier molecular flexibility index (Phi) is 15.7. The van der Waals surface area contributed by atoms with E-state index in [9.17, 15) is 9.59 Å². The van der Waals surface area contributed by atoms with E-state index in [-0.39, 0.29) is 5.56 Å². The van der Waals surface area contributed by atoms with Gasteiger partial charge in [-0.1, -0.05) is 109 Å². The van der Waals surface area contributed by atoms with Crippen molar-refractivity contribution in [3.63, 3.8) is 0 Å². The maximum atomic E-state index is 12.1. The zero-order valence-electron chi connectivity index (χ0n) is 19.3. The van der Waals surface area contributed by atoms with Crippen LogP contribution in [0, 0.1) is 0 Å². The van der Waals surface area contributed by atoms with Gasteiger partial charge in [-0.3, -0.25) is 4.79 Å². The minimum absolute atomic E-state index is 0.282. The average molecular weight is 419 g/mol. The zero-order chi connectivity index (χ0) is 21.9. The lowest BCUT2D eigenvalue weighted by Crippen LogP contribution is -2.13. The van der Waals surface area contributed by atoms with Gasteiger partial charge in [-0.2, -0.15) is 0 Å². The molecule has 0 N–H and O–H groups in total. The van der Waals surface area contributed by atoms with Crippen LogP contribution in [-0.2, 0) is 9.53 Å². The fourth-order valence-electron chi connectivity index (χ4n) is 3.66. The predicted molar refractivity (Wildman–Crippen MR) is 123 cm³/mol. The molecule has 0 aromatic heterocycles. The van der Waals surface area contributed by atoms with Gasteiger partial charge in [0.1, 0.15) is 11.3 Å². The second-order valence-corrected chi connectivity index (χ2v) is 8.16. The van der Waals surface area contributed by atoms with Gasteiger partial charge >= 0.3 is 11.9 Å². The molecule has 0 fully saturated rings. The Morgan fingerprint density at radius 1 is 0.700 bits per heavy atom. The van der Waals surface area contributed by atoms with E-state index in [1.165, 1.54) is 84.2 Å². The molecule has 0 aliphatic carbocycles. The number of unbranched alkanes of at least 4 members (excludes halogenated alkanes) is 14. The lowest BCUT2D eigenvalue weighted by molar-refractivity contribution is -0.138. The van der Waals surface area contributed by atoms with Crippen molar-refractivity contribution in [2.24, 2.45) is 0 Å². The molecule has 0 spiro atoms. The minimum Gasteiger partial charge on any atom is -0.496 e. The predicted octanol–water partition coefficient (Wildman–Crippen LogP) is 7.64. The summed E-state index contributed by atoms with van der Waals surface area (Å²) in [5.41, 5.74) is 0.282. The molecule has 1 rings (SSSR count). The van der Waals surface area contributed by atoms with Crippen molar-refractivity contribution in [2.45, 2.75) is 110 Å². The maximum Gasteiger partial charge on any atom is 0.349 e. The highest BCUT2D eigenvalue weighted by atomic mass is 16.6.